The monoisotopic (exact) mass is 665 g/mol. The summed E-state index contributed by atoms with van der Waals surface area (Å²) in [5, 5.41) is 15.5. The van der Waals surface area contributed by atoms with Crippen LogP contribution in [0.3, 0.4) is 0 Å². The summed E-state index contributed by atoms with van der Waals surface area (Å²) in [6.07, 6.45) is 3.67. The topological polar surface area (TPSA) is 125 Å². The van der Waals surface area contributed by atoms with Crippen LogP contribution in [-0.4, -0.2) is 77.2 Å². The number of fused-ring (bicyclic) bond motifs is 2. The van der Waals surface area contributed by atoms with E-state index in [1.54, 1.807) is 36.1 Å². The lowest BCUT2D eigenvalue weighted by Gasteiger charge is -2.39. The predicted molar refractivity (Wildman–Crippen MR) is 185 cm³/mol. The summed E-state index contributed by atoms with van der Waals surface area (Å²) < 4.78 is 12.5. The Hall–Kier alpha value is -4.80. The molecule has 3 aromatic carbocycles. The number of carbonyl (C=O) groups is 4. The van der Waals surface area contributed by atoms with Crippen molar-refractivity contribution in [2.24, 2.45) is 11.8 Å². The number of rotatable bonds is 14. The number of amides is 3. The fraction of sp³-hybridized carbons (Fsp3) is 0.385. The summed E-state index contributed by atoms with van der Waals surface area (Å²) in [7, 11) is 0. The zero-order valence-electron chi connectivity index (χ0n) is 27.7. The number of carbonyl (C=O) groups excluding carboxylic acids is 4. The van der Waals surface area contributed by atoms with E-state index in [0.29, 0.717) is 30.5 Å². The van der Waals surface area contributed by atoms with Crippen LogP contribution in [0.1, 0.15) is 44.2 Å². The normalized spacial score (nSPS) is 25.0. The number of allylic oxidation sites excluding steroid dienone is 1. The lowest BCUT2D eigenvalue weighted by Crippen LogP contribution is -2.57. The predicted octanol–water partition coefficient (Wildman–Crippen LogP) is 4.48. The highest BCUT2D eigenvalue weighted by Crippen LogP contribution is 2.60. The van der Waals surface area contributed by atoms with Crippen molar-refractivity contribution in [1.29, 1.82) is 0 Å². The van der Waals surface area contributed by atoms with Gasteiger partial charge < -0.3 is 29.7 Å². The van der Waals surface area contributed by atoms with Crippen molar-refractivity contribution >= 4 is 40.2 Å². The number of nitrogens with one attached hydrogen (secondary N) is 1. The molecule has 10 nitrogen and oxygen atoms in total. The molecular formula is C39H43N3O7. The lowest BCUT2D eigenvalue weighted by atomic mass is 9.70. The minimum Gasteiger partial charge on any atom is -0.460 e. The van der Waals surface area contributed by atoms with Crippen LogP contribution in [0, 0.1) is 11.8 Å². The maximum absolute atomic E-state index is 15.0. The minimum absolute atomic E-state index is 0.111. The van der Waals surface area contributed by atoms with Crippen molar-refractivity contribution < 1.29 is 33.8 Å². The molecule has 1 spiro atoms. The molecule has 3 fully saturated rings. The van der Waals surface area contributed by atoms with Crippen molar-refractivity contribution in [3.05, 3.63) is 104 Å². The summed E-state index contributed by atoms with van der Waals surface area (Å²) in [6, 6.07) is 20.7. The van der Waals surface area contributed by atoms with Gasteiger partial charge in [-0.05, 0) is 54.7 Å². The van der Waals surface area contributed by atoms with Crippen LogP contribution < -0.4 is 10.2 Å². The van der Waals surface area contributed by atoms with Gasteiger partial charge in [0.15, 0.2) is 0 Å². The quantitative estimate of drug-likeness (QED) is 0.192. The van der Waals surface area contributed by atoms with Gasteiger partial charge >= 0.3 is 5.97 Å². The molecule has 3 aliphatic rings. The number of likely N-dealkylation sites (tertiary alicyclic amines) is 1. The Morgan fingerprint density at radius 1 is 1.08 bits per heavy atom. The van der Waals surface area contributed by atoms with Crippen molar-refractivity contribution in [3.63, 3.8) is 0 Å². The zero-order valence-corrected chi connectivity index (χ0v) is 27.7. The molecule has 49 heavy (non-hydrogen) atoms. The van der Waals surface area contributed by atoms with Crippen molar-refractivity contribution in [2.45, 2.75) is 62.5 Å². The Morgan fingerprint density at radius 2 is 1.82 bits per heavy atom. The van der Waals surface area contributed by atoms with E-state index in [0.717, 1.165) is 10.8 Å². The second-order valence-electron chi connectivity index (χ2n) is 13.1. The number of esters is 1. The third-order valence-corrected chi connectivity index (χ3v) is 10.0. The van der Waals surface area contributed by atoms with E-state index >= 15 is 4.79 Å². The largest absolute Gasteiger partial charge is 0.460 e. The molecule has 0 aromatic heterocycles. The van der Waals surface area contributed by atoms with Crippen molar-refractivity contribution in [1.82, 2.24) is 10.2 Å². The smallest absolute Gasteiger partial charge is 0.312 e. The maximum Gasteiger partial charge on any atom is 0.312 e. The van der Waals surface area contributed by atoms with Crippen LogP contribution >= 0.6 is 0 Å². The van der Waals surface area contributed by atoms with Crippen LogP contribution in [0.15, 0.2) is 98.1 Å². The molecule has 256 valence electrons. The third kappa shape index (κ3) is 6.26. The van der Waals surface area contributed by atoms with Crippen LogP contribution in [0.5, 0.6) is 0 Å². The molecule has 2 bridgehead atoms. The summed E-state index contributed by atoms with van der Waals surface area (Å²) >= 11 is 0. The van der Waals surface area contributed by atoms with Gasteiger partial charge in [0.2, 0.25) is 11.8 Å². The standard InChI is InChI=1S/C39H43N3O7/c1-4-6-16-32(44)40-23-25(3)48-38(47)33-31-19-20-39(49-31)34(33)36(45)42(30(24-43)27-13-8-7-9-14-27)35(39)37(46)41(21-5-2)29-18-17-26-12-10-11-15-28(26)22-29/h4-5,7-15,17-18,22,25,30-31,33-35,43H,1-2,6,16,19-21,23-24H2,3H3,(H,40,44)/t25-,30-,31-,33+,34+,35-,39+/m1/s1. The van der Waals surface area contributed by atoms with Gasteiger partial charge in [-0.15, -0.1) is 13.2 Å². The molecule has 3 saturated heterocycles. The molecule has 7 atom stereocenters. The summed E-state index contributed by atoms with van der Waals surface area (Å²) in [5.41, 5.74) is -0.0325. The van der Waals surface area contributed by atoms with Crippen molar-refractivity contribution in [2.75, 3.05) is 24.6 Å². The van der Waals surface area contributed by atoms with Crippen LogP contribution in [0.25, 0.3) is 10.8 Å². The van der Waals surface area contributed by atoms with Gasteiger partial charge in [-0.1, -0.05) is 72.8 Å². The first-order valence-corrected chi connectivity index (χ1v) is 16.9. The highest BCUT2D eigenvalue weighted by Gasteiger charge is 2.75. The molecule has 3 amide bonds. The Bertz CT molecular complexity index is 1740. The number of aliphatic hydroxyl groups excluding tert-OH is 1. The van der Waals surface area contributed by atoms with Gasteiger partial charge in [0, 0.05) is 18.7 Å². The molecule has 2 N–H and O–H groups in total. The Balaban J connectivity index is 1.36. The van der Waals surface area contributed by atoms with Gasteiger partial charge in [0.05, 0.1) is 37.1 Å². The van der Waals surface area contributed by atoms with Crippen LogP contribution in [-0.2, 0) is 28.7 Å². The molecule has 0 radical (unpaired) electrons. The number of hydrogen-bond donors (Lipinski definition) is 2. The Morgan fingerprint density at radius 3 is 2.53 bits per heavy atom. The molecule has 0 saturated carbocycles. The number of aliphatic hydroxyl groups is 1. The van der Waals surface area contributed by atoms with Gasteiger partial charge in [0.1, 0.15) is 17.7 Å². The first-order chi connectivity index (χ1) is 23.7. The molecular weight excluding hydrogens is 622 g/mol. The average Bonchev–Trinajstić information content (AvgIpc) is 3.76. The minimum atomic E-state index is -1.32. The first kappa shape index (κ1) is 34.1. The molecule has 3 aromatic rings. The SMILES string of the molecule is C=CCCC(=O)NC[C@@H](C)OC(=O)[C@@H]1[C@H]2C(=O)N([C@H](CO)c3ccccc3)[C@H](C(=O)N(CC=C)c3ccc4ccccc4c3)[C@]23CC[C@H]1O3. The second kappa shape index (κ2) is 14.4. The van der Waals surface area contributed by atoms with E-state index in [4.69, 9.17) is 9.47 Å². The zero-order chi connectivity index (χ0) is 34.7. The summed E-state index contributed by atoms with van der Waals surface area (Å²) in [4.78, 5) is 58.8. The fourth-order valence-electron chi connectivity index (χ4n) is 7.85. The summed E-state index contributed by atoms with van der Waals surface area (Å²) in [6.45, 7) is 9.05. The van der Waals surface area contributed by atoms with Gasteiger partial charge in [0.25, 0.3) is 5.91 Å². The first-order valence-electron chi connectivity index (χ1n) is 16.9. The van der Waals surface area contributed by atoms with E-state index < -0.39 is 60.2 Å². The molecule has 3 aliphatic heterocycles. The van der Waals surface area contributed by atoms with Crippen LogP contribution in [0.2, 0.25) is 0 Å². The number of nitrogens with zero attached hydrogens (tertiary/aromatic N) is 2. The van der Waals surface area contributed by atoms with E-state index in [1.165, 1.54) is 4.90 Å². The lowest BCUT2D eigenvalue weighted by molar-refractivity contribution is -0.159. The maximum atomic E-state index is 15.0. The molecule has 0 unspecified atom stereocenters. The molecule has 6 rings (SSSR count). The molecule has 0 aliphatic carbocycles. The van der Waals surface area contributed by atoms with Crippen LogP contribution in [0.4, 0.5) is 5.69 Å². The Kier molecular flexibility index (Phi) is 9.99. The van der Waals surface area contributed by atoms with E-state index in [9.17, 15) is 19.5 Å². The van der Waals surface area contributed by atoms with Gasteiger partial charge in [-0.2, -0.15) is 0 Å². The number of benzene rings is 3. The van der Waals surface area contributed by atoms with E-state index in [-0.39, 0.29) is 31.3 Å². The molecule has 10 heteroatoms. The van der Waals surface area contributed by atoms with Gasteiger partial charge in [-0.25, -0.2) is 0 Å². The third-order valence-electron chi connectivity index (χ3n) is 10.0. The number of hydrogen-bond acceptors (Lipinski definition) is 7. The fourth-order valence-corrected chi connectivity index (χ4v) is 7.85. The highest BCUT2D eigenvalue weighted by atomic mass is 16.6. The van der Waals surface area contributed by atoms with Crippen molar-refractivity contribution in [3.8, 4) is 0 Å². The Labute approximate surface area is 286 Å². The highest BCUT2D eigenvalue weighted by molar-refractivity contribution is 6.05. The number of ether oxygens (including phenoxy) is 2. The number of anilines is 1. The van der Waals surface area contributed by atoms with E-state index in [1.807, 2.05) is 60.7 Å². The summed E-state index contributed by atoms with van der Waals surface area (Å²) in [5.74, 6) is -3.56. The second-order valence-corrected chi connectivity index (χ2v) is 13.1. The van der Waals surface area contributed by atoms with E-state index in [2.05, 4.69) is 18.5 Å². The van der Waals surface area contributed by atoms with Gasteiger partial charge in [-0.3, -0.25) is 19.2 Å². The molecule has 3 heterocycles. The average molecular weight is 666 g/mol.